The predicted molar refractivity (Wildman–Crippen MR) is 81.7 cm³/mol. The lowest BCUT2D eigenvalue weighted by atomic mass is 10.1. The van der Waals surface area contributed by atoms with E-state index in [9.17, 15) is 8.42 Å². The van der Waals surface area contributed by atoms with E-state index in [1.165, 1.54) is 35.5 Å². The maximum absolute atomic E-state index is 11.6. The zero-order valence-electron chi connectivity index (χ0n) is 10.9. The summed E-state index contributed by atoms with van der Waals surface area (Å²) in [6, 6.07) is 11.9. The lowest BCUT2D eigenvalue weighted by Gasteiger charge is -2.04. The molecule has 0 bridgehead atoms. The first-order chi connectivity index (χ1) is 9.04. The van der Waals surface area contributed by atoms with Crippen molar-refractivity contribution in [2.75, 3.05) is 17.8 Å². The van der Waals surface area contributed by atoms with Crippen LogP contribution in [0, 0.1) is 0 Å². The summed E-state index contributed by atoms with van der Waals surface area (Å²) in [5, 5.41) is 2.15. The van der Waals surface area contributed by atoms with Gasteiger partial charge in [0, 0.05) is 23.2 Å². The highest BCUT2D eigenvalue weighted by Gasteiger charge is 2.26. The van der Waals surface area contributed by atoms with Gasteiger partial charge in [0.05, 0.1) is 4.90 Å². The summed E-state index contributed by atoms with van der Waals surface area (Å²) in [5.74, 6) is 2.62. The Balaban J connectivity index is 2.05. The molecule has 1 aliphatic rings. The summed E-state index contributed by atoms with van der Waals surface area (Å²) < 4.78 is 23.1. The van der Waals surface area contributed by atoms with Crippen molar-refractivity contribution in [3.8, 4) is 0 Å². The molecule has 2 aromatic carbocycles. The van der Waals surface area contributed by atoms with E-state index in [0.717, 1.165) is 10.8 Å². The molecule has 1 fully saturated rings. The summed E-state index contributed by atoms with van der Waals surface area (Å²) in [5.41, 5.74) is 0. The van der Waals surface area contributed by atoms with E-state index in [1.54, 1.807) is 12.1 Å². The molecule has 100 valence electrons. The lowest BCUT2D eigenvalue weighted by Crippen LogP contribution is -2.03. The van der Waals surface area contributed by atoms with Crippen LogP contribution in [0.4, 0.5) is 0 Å². The molecule has 0 radical (unpaired) electrons. The Hall–Kier alpha value is -1.00. The SMILES string of the molecule is CS(=O)(=O)c1ccc2cc([S+]3CCCC3)ccc2c1. The van der Waals surface area contributed by atoms with E-state index in [1.807, 2.05) is 6.07 Å². The molecular weight excluding hydrogens is 276 g/mol. The average Bonchev–Trinajstić information content (AvgIpc) is 2.90. The molecule has 0 unspecified atom stereocenters. The Morgan fingerprint density at radius 1 is 0.947 bits per heavy atom. The van der Waals surface area contributed by atoms with Crippen LogP contribution in [0.5, 0.6) is 0 Å². The van der Waals surface area contributed by atoms with Gasteiger partial charge < -0.3 is 0 Å². The molecular formula is C15H17O2S2+. The van der Waals surface area contributed by atoms with Crippen molar-refractivity contribution >= 4 is 31.5 Å². The quantitative estimate of drug-likeness (QED) is 0.798. The molecule has 1 saturated heterocycles. The van der Waals surface area contributed by atoms with E-state index in [2.05, 4.69) is 18.2 Å². The van der Waals surface area contributed by atoms with Gasteiger partial charge in [-0.05, 0) is 47.9 Å². The van der Waals surface area contributed by atoms with Gasteiger partial charge in [0.2, 0.25) is 0 Å². The molecule has 4 heteroatoms. The molecule has 0 spiro atoms. The van der Waals surface area contributed by atoms with Gasteiger partial charge in [-0.3, -0.25) is 0 Å². The molecule has 1 heterocycles. The fourth-order valence-electron chi connectivity index (χ4n) is 2.50. The zero-order chi connectivity index (χ0) is 13.5. The second-order valence-electron chi connectivity index (χ2n) is 5.05. The highest BCUT2D eigenvalue weighted by atomic mass is 32.2. The van der Waals surface area contributed by atoms with Gasteiger partial charge in [0.15, 0.2) is 14.7 Å². The van der Waals surface area contributed by atoms with E-state index >= 15 is 0 Å². The third kappa shape index (κ3) is 2.65. The standard InChI is InChI=1S/C15H17O2S2/c1-19(16,17)15-7-5-12-10-14(6-4-13(12)11-15)18-8-2-3-9-18/h4-7,10-11H,2-3,8-9H2,1H3/q+1. The van der Waals surface area contributed by atoms with Crippen LogP contribution < -0.4 is 0 Å². The topological polar surface area (TPSA) is 34.1 Å². The van der Waals surface area contributed by atoms with Crippen LogP contribution in [0.15, 0.2) is 46.2 Å². The normalized spacial score (nSPS) is 17.1. The van der Waals surface area contributed by atoms with E-state index in [4.69, 9.17) is 0 Å². The Morgan fingerprint density at radius 3 is 2.26 bits per heavy atom. The van der Waals surface area contributed by atoms with Crippen LogP contribution in [-0.4, -0.2) is 26.2 Å². The van der Waals surface area contributed by atoms with Crippen LogP contribution in [0.3, 0.4) is 0 Å². The minimum atomic E-state index is -3.12. The highest BCUT2D eigenvalue weighted by molar-refractivity contribution is 7.97. The summed E-state index contributed by atoms with van der Waals surface area (Å²) in [7, 11) is -2.71. The second-order valence-corrected chi connectivity index (χ2v) is 9.34. The summed E-state index contributed by atoms with van der Waals surface area (Å²) in [4.78, 5) is 1.83. The first kappa shape index (κ1) is 13.0. The predicted octanol–water partition coefficient (Wildman–Crippen LogP) is 3.01. The Labute approximate surface area is 117 Å². The highest BCUT2D eigenvalue weighted by Crippen LogP contribution is 2.27. The van der Waals surface area contributed by atoms with Crippen LogP contribution in [-0.2, 0) is 20.7 Å². The van der Waals surface area contributed by atoms with Crippen LogP contribution in [0.1, 0.15) is 12.8 Å². The maximum Gasteiger partial charge on any atom is 0.175 e. The van der Waals surface area contributed by atoms with Crippen molar-refractivity contribution < 1.29 is 8.42 Å². The molecule has 0 saturated carbocycles. The Morgan fingerprint density at radius 2 is 1.58 bits per heavy atom. The monoisotopic (exact) mass is 293 g/mol. The van der Waals surface area contributed by atoms with Crippen molar-refractivity contribution in [3.05, 3.63) is 36.4 Å². The summed E-state index contributed by atoms with van der Waals surface area (Å²) >= 11 is 0. The molecule has 2 nitrogen and oxygen atoms in total. The van der Waals surface area contributed by atoms with Gasteiger partial charge in [-0.15, -0.1) is 0 Å². The molecule has 0 aliphatic carbocycles. The largest absolute Gasteiger partial charge is 0.224 e. The van der Waals surface area contributed by atoms with Crippen LogP contribution in [0.2, 0.25) is 0 Å². The Kier molecular flexibility index (Phi) is 3.31. The molecule has 0 amide bonds. The van der Waals surface area contributed by atoms with Crippen molar-refractivity contribution in [1.29, 1.82) is 0 Å². The van der Waals surface area contributed by atoms with Crippen molar-refractivity contribution in [2.45, 2.75) is 22.6 Å². The molecule has 2 aromatic rings. The molecule has 0 aromatic heterocycles. The fraction of sp³-hybridized carbons (Fsp3) is 0.333. The number of fused-ring (bicyclic) bond motifs is 1. The number of hydrogen-bond donors (Lipinski definition) is 0. The number of benzene rings is 2. The minimum absolute atomic E-state index is 0.399. The second kappa shape index (κ2) is 4.84. The van der Waals surface area contributed by atoms with E-state index in [0.29, 0.717) is 15.8 Å². The average molecular weight is 293 g/mol. The number of sulfone groups is 1. The fourth-order valence-corrected chi connectivity index (χ4v) is 5.49. The summed E-state index contributed by atoms with van der Waals surface area (Å²) in [6.07, 6.45) is 3.94. The lowest BCUT2D eigenvalue weighted by molar-refractivity contribution is 0.602. The van der Waals surface area contributed by atoms with Gasteiger partial charge in [0.1, 0.15) is 11.5 Å². The molecule has 19 heavy (non-hydrogen) atoms. The zero-order valence-corrected chi connectivity index (χ0v) is 12.6. The molecule has 1 aliphatic heterocycles. The van der Waals surface area contributed by atoms with E-state index < -0.39 is 9.84 Å². The first-order valence-electron chi connectivity index (χ1n) is 6.45. The Bertz CT molecular complexity index is 714. The van der Waals surface area contributed by atoms with Crippen molar-refractivity contribution in [2.24, 2.45) is 0 Å². The smallest absolute Gasteiger partial charge is 0.175 e. The van der Waals surface area contributed by atoms with Gasteiger partial charge in [-0.1, -0.05) is 6.07 Å². The van der Waals surface area contributed by atoms with Gasteiger partial charge in [-0.25, -0.2) is 8.42 Å². The number of rotatable bonds is 2. The molecule has 0 atom stereocenters. The third-order valence-electron chi connectivity index (χ3n) is 3.58. The van der Waals surface area contributed by atoms with Crippen molar-refractivity contribution in [1.82, 2.24) is 0 Å². The molecule has 3 rings (SSSR count). The third-order valence-corrected chi connectivity index (χ3v) is 7.17. The number of hydrogen-bond acceptors (Lipinski definition) is 2. The van der Waals surface area contributed by atoms with Crippen LogP contribution >= 0.6 is 0 Å². The molecule has 0 N–H and O–H groups in total. The van der Waals surface area contributed by atoms with Gasteiger partial charge in [-0.2, -0.15) is 0 Å². The van der Waals surface area contributed by atoms with Crippen LogP contribution in [0.25, 0.3) is 10.8 Å². The van der Waals surface area contributed by atoms with Gasteiger partial charge >= 0.3 is 0 Å². The van der Waals surface area contributed by atoms with Crippen molar-refractivity contribution in [3.63, 3.8) is 0 Å². The minimum Gasteiger partial charge on any atom is -0.224 e. The summed E-state index contributed by atoms with van der Waals surface area (Å²) in [6.45, 7) is 0. The van der Waals surface area contributed by atoms with E-state index in [-0.39, 0.29) is 0 Å². The first-order valence-corrected chi connectivity index (χ1v) is 9.91. The van der Waals surface area contributed by atoms with Gasteiger partial charge in [0.25, 0.3) is 0 Å². The maximum atomic E-state index is 11.6.